The summed E-state index contributed by atoms with van der Waals surface area (Å²) in [6.07, 6.45) is 1.50. The fourth-order valence-electron chi connectivity index (χ4n) is 2.52. The van der Waals surface area contributed by atoms with E-state index in [0.29, 0.717) is 11.3 Å². The molecule has 2 aromatic rings. The molecular formula is C19H15N3O6. The first kappa shape index (κ1) is 18.7. The molecule has 0 spiro atoms. The first-order valence-electron chi connectivity index (χ1n) is 8.13. The van der Waals surface area contributed by atoms with Crippen LogP contribution in [-0.2, 0) is 16.1 Å². The van der Waals surface area contributed by atoms with Gasteiger partial charge in [0, 0.05) is 0 Å². The molecule has 1 aromatic carbocycles. The molecule has 0 bridgehead atoms. The normalized spacial score (nSPS) is 14.7. The van der Waals surface area contributed by atoms with E-state index >= 15 is 0 Å². The van der Waals surface area contributed by atoms with E-state index in [1.807, 2.05) is 6.07 Å². The van der Waals surface area contributed by atoms with Crippen molar-refractivity contribution in [3.8, 4) is 11.8 Å². The van der Waals surface area contributed by atoms with Gasteiger partial charge >= 0.3 is 12.0 Å². The molecule has 1 aliphatic rings. The lowest BCUT2D eigenvalue weighted by Gasteiger charge is -2.09. The number of nitrogens with one attached hydrogen (secondary N) is 1. The molecule has 1 saturated heterocycles. The number of esters is 1. The highest BCUT2D eigenvalue weighted by molar-refractivity contribution is 6.13. The lowest BCUT2D eigenvalue weighted by Crippen LogP contribution is -2.30. The third-order valence-corrected chi connectivity index (χ3v) is 3.80. The van der Waals surface area contributed by atoms with Crippen molar-refractivity contribution in [1.82, 2.24) is 10.2 Å². The van der Waals surface area contributed by atoms with Crippen molar-refractivity contribution in [2.24, 2.45) is 0 Å². The Balaban J connectivity index is 1.74. The number of rotatable bonds is 6. The number of carbonyl (C=O) groups is 3. The van der Waals surface area contributed by atoms with E-state index in [0.717, 1.165) is 4.90 Å². The summed E-state index contributed by atoms with van der Waals surface area (Å²) in [5.74, 6) is -0.478. The second kappa shape index (κ2) is 8.09. The van der Waals surface area contributed by atoms with Gasteiger partial charge in [0.25, 0.3) is 5.91 Å². The van der Waals surface area contributed by atoms with E-state index in [4.69, 9.17) is 14.4 Å². The third-order valence-electron chi connectivity index (χ3n) is 3.80. The van der Waals surface area contributed by atoms with Gasteiger partial charge in [0.1, 0.15) is 23.3 Å². The number of benzene rings is 1. The van der Waals surface area contributed by atoms with E-state index in [2.05, 4.69) is 10.1 Å². The Morgan fingerprint density at radius 2 is 2.14 bits per heavy atom. The fourth-order valence-corrected chi connectivity index (χ4v) is 2.52. The number of nitrogens with zero attached hydrogens (tertiary/aromatic N) is 2. The summed E-state index contributed by atoms with van der Waals surface area (Å²) in [5, 5.41) is 11.1. The summed E-state index contributed by atoms with van der Waals surface area (Å²) in [4.78, 5) is 37.1. The standard InChI is InChI=1S/C19H15N3O6/c1-26-18(24)16-6-5-14(28-16)11-22-17(23)15(21-19(22)25)10-12-3-2-4-13(9-12)27-8-7-20/h2-6,9-10H,8,11H2,1H3,(H,21,25). The molecule has 1 aliphatic heterocycles. The Bertz CT molecular complexity index is 1000. The fraction of sp³-hybridized carbons (Fsp3) is 0.158. The number of nitriles is 1. The molecule has 9 heteroatoms. The Hall–Kier alpha value is -4.06. The zero-order valence-corrected chi connectivity index (χ0v) is 14.8. The number of carbonyl (C=O) groups excluding carboxylic acids is 3. The number of imide groups is 1. The van der Waals surface area contributed by atoms with Crippen molar-refractivity contribution in [3.63, 3.8) is 0 Å². The largest absolute Gasteiger partial charge is 0.479 e. The Morgan fingerprint density at radius 1 is 1.32 bits per heavy atom. The molecule has 0 radical (unpaired) electrons. The lowest BCUT2D eigenvalue weighted by atomic mass is 10.2. The highest BCUT2D eigenvalue weighted by Crippen LogP contribution is 2.20. The molecular weight excluding hydrogens is 366 g/mol. The van der Waals surface area contributed by atoms with Crippen LogP contribution in [0.15, 0.2) is 46.5 Å². The van der Waals surface area contributed by atoms with Crippen molar-refractivity contribution in [3.05, 3.63) is 59.2 Å². The van der Waals surface area contributed by atoms with Gasteiger partial charge in [-0.1, -0.05) is 12.1 Å². The molecule has 142 valence electrons. The van der Waals surface area contributed by atoms with Crippen LogP contribution in [0.3, 0.4) is 0 Å². The number of hydrogen-bond donors (Lipinski definition) is 1. The highest BCUT2D eigenvalue weighted by Gasteiger charge is 2.34. The minimum Gasteiger partial charge on any atom is -0.479 e. The Kier molecular flexibility index (Phi) is 5.41. The van der Waals surface area contributed by atoms with Crippen LogP contribution in [0.4, 0.5) is 4.79 Å². The van der Waals surface area contributed by atoms with Crippen LogP contribution in [0.2, 0.25) is 0 Å². The van der Waals surface area contributed by atoms with Crippen LogP contribution in [0.5, 0.6) is 5.75 Å². The first-order chi connectivity index (χ1) is 13.5. The van der Waals surface area contributed by atoms with Gasteiger partial charge in [0.15, 0.2) is 6.61 Å². The molecule has 0 unspecified atom stereocenters. The number of hydrogen-bond acceptors (Lipinski definition) is 7. The van der Waals surface area contributed by atoms with Gasteiger partial charge in [0.05, 0.1) is 13.7 Å². The zero-order valence-electron chi connectivity index (χ0n) is 14.8. The molecule has 0 saturated carbocycles. The average Bonchev–Trinajstić information content (AvgIpc) is 3.27. The highest BCUT2D eigenvalue weighted by atomic mass is 16.5. The van der Waals surface area contributed by atoms with E-state index < -0.39 is 17.9 Å². The maximum Gasteiger partial charge on any atom is 0.373 e. The van der Waals surface area contributed by atoms with Crippen LogP contribution < -0.4 is 10.1 Å². The lowest BCUT2D eigenvalue weighted by molar-refractivity contribution is -0.123. The van der Waals surface area contributed by atoms with Gasteiger partial charge in [-0.2, -0.15) is 5.26 Å². The molecule has 1 N–H and O–H groups in total. The minimum absolute atomic E-state index is 0.0190. The molecule has 3 rings (SSSR count). The molecule has 0 atom stereocenters. The van der Waals surface area contributed by atoms with Crippen LogP contribution in [0.25, 0.3) is 6.08 Å². The second-order valence-corrected chi connectivity index (χ2v) is 5.66. The number of furan rings is 1. The van der Waals surface area contributed by atoms with Crippen LogP contribution in [-0.4, -0.2) is 36.5 Å². The summed E-state index contributed by atoms with van der Waals surface area (Å²) >= 11 is 0. The quantitative estimate of drug-likeness (QED) is 0.462. The summed E-state index contributed by atoms with van der Waals surface area (Å²) < 4.78 is 15.1. The predicted molar refractivity (Wildman–Crippen MR) is 94.7 cm³/mol. The first-order valence-corrected chi connectivity index (χ1v) is 8.13. The van der Waals surface area contributed by atoms with Crippen molar-refractivity contribution >= 4 is 24.0 Å². The number of ether oxygens (including phenoxy) is 2. The molecule has 28 heavy (non-hydrogen) atoms. The summed E-state index contributed by atoms with van der Waals surface area (Å²) in [7, 11) is 1.22. The maximum absolute atomic E-state index is 12.5. The zero-order chi connectivity index (χ0) is 20.1. The van der Waals surface area contributed by atoms with E-state index in [9.17, 15) is 14.4 Å². The molecule has 3 amide bonds. The van der Waals surface area contributed by atoms with Gasteiger partial charge in [0.2, 0.25) is 5.76 Å². The van der Waals surface area contributed by atoms with Crippen molar-refractivity contribution in [2.75, 3.05) is 13.7 Å². The van der Waals surface area contributed by atoms with Gasteiger partial charge in [-0.15, -0.1) is 0 Å². The maximum atomic E-state index is 12.5. The third kappa shape index (κ3) is 4.02. The number of urea groups is 1. The Morgan fingerprint density at radius 3 is 2.89 bits per heavy atom. The van der Waals surface area contributed by atoms with Gasteiger partial charge < -0.3 is 19.2 Å². The molecule has 0 aliphatic carbocycles. The van der Waals surface area contributed by atoms with Gasteiger partial charge in [-0.25, -0.2) is 9.59 Å². The van der Waals surface area contributed by atoms with Crippen molar-refractivity contribution < 1.29 is 28.3 Å². The second-order valence-electron chi connectivity index (χ2n) is 5.66. The Labute approximate surface area is 159 Å². The molecule has 9 nitrogen and oxygen atoms in total. The SMILES string of the molecule is COC(=O)c1ccc(CN2C(=O)NC(=Cc3cccc(OCC#N)c3)C2=O)o1. The monoisotopic (exact) mass is 381 g/mol. The molecule has 2 heterocycles. The minimum atomic E-state index is -0.650. The molecule has 1 fully saturated rings. The topological polar surface area (TPSA) is 122 Å². The van der Waals surface area contributed by atoms with Crippen molar-refractivity contribution in [2.45, 2.75) is 6.54 Å². The van der Waals surface area contributed by atoms with Crippen molar-refractivity contribution in [1.29, 1.82) is 5.26 Å². The van der Waals surface area contributed by atoms with Gasteiger partial charge in [-0.3, -0.25) is 9.69 Å². The molecule has 1 aromatic heterocycles. The summed E-state index contributed by atoms with van der Waals surface area (Å²) in [6.45, 7) is -0.232. The number of amides is 3. The average molecular weight is 381 g/mol. The van der Waals surface area contributed by atoms with Crippen LogP contribution in [0, 0.1) is 11.3 Å². The van der Waals surface area contributed by atoms with E-state index in [1.165, 1.54) is 25.3 Å². The summed E-state index contributed by atoms with van der Waals surface area (Å²) in [5.41, 5.74) is 0.703. The van der Waals surface area contributed by atoms with E-state index in [-0.39, 0.29) is 30.4 Å². The van der Waals surface area contributed by atoms with Crippen LogP contribution in [0.1, 0.15) is 21.9 Å². The van der Waals surface area contributed by atoms with Crippen LogP contribution >= 0.6 is 0 Å². The smallest absolute Gasteiger partial charge is 0.373 e. The predicted octanol–water partition coefficient (Wildman–Crippen LogP) is 2.06. The summed E-state index contributed by atoms with van der Waals surface area (Å²) in [6, 6.07) is 10.9. The van der Waals surface area contributed by atoms with E-state index in [1.54, 1.807) is 24.3 Å². The van der Waals surface area contributed by atoms with Gasteiger partial charge in [-0.05, 0) is 35.9 Å². The number of methoxy groups -OCH3 is 1.